The molecule has 0 fully saturated rings. The highest BCUT2D eigenvalue weighted by Gasteiger charge is 2.09. The zero-order valence-corrected chi connectivity index (χ0v) is 10.1. The Kier molecular flexibility index (Phi) is 3.43. The Morgan fingerprint density at radius 2 is 1.67 bits per heavy atom. The standard InChI is InChI=1S/C13H11NO3S/c14-12-6-5-10(7-11(12)13(16)17)18-9-3-1-8(15)2-4-9/h1-7,15H,14H2,(H,16,17). The minimum atomic E-state index is -1.04. The Morgan fingerprint density at radius 1 is 1.06 bits per heavy atom. The fourth-order valence-electron chi connectivity index (χ4n) is 1.43. The van der Waals surface area contributed by atoms with Crippen molar-refractivity contribution in [3.63, 3.8) is 0 Å². The summed E-state index contributed by atoms with van der Waals surface area (Å²) in [6, 6.07) is 11.6. The molecule has 0 unspecified atom stereocenters. The van der Waals surface area contributed by atoms with Crippen molar-refractivity contribution in [3.05, 3.63) is 48.0 Å². The number of carbonyl (C=O) groups is 1. The smallest absolute Gasteiger partial charge is 0.337 e. The van der Waals surface area contributed by atoms with Crippen molar-refractivity contribution in [2.45, 2.75) is 9.79 Å². The van der Waals surface area contributed by atoms with Gasteiger partial charge in [0.25, 0.3) is 0 Å². The van der Waals surface area contributed by atoms with Crippen molar-refractivity contribution in [2.75, 3.05) is 5.73 Å². The second kappa shape index (κ2) is 5.01. The van der Waals surface area contributed by atoms with E-state index in [2.05, 4.69) is 0 Å². The summed E-state index contributed by atoms with van der Waals surface area (Å²) < 4.78 is 0. The molecule has 0 spiro atoms. The molecule has 5 heteroatoms. The molecule has 0 aliphatic heterocycles. The molecular weight excluding hydrogens is 250 g/mol. The number of aromatic carboxylic acids is 1. The van der Waals surface area contributed by atoms with Crippen LogP contribution in [0.5, 0.6) is 5.75 Å². The number of rotatable bonds is 3. The van der Waals surface area contributed by atoms with Gasteiger partial charge in [0.15, 0.2) is 0 Å². The Hall–Kier alpha value is -2.14. The normalized spacial score (nSPS) is 10.2. The second-order valence-corrected chi connectivity index (χ2v) is 4.80. The Morgan fingerprint density at radius 3 is 2.28 bits per heavy atom. The van der Waals surface area contributed by atoms with Gasteiger partial charge in [0, 0.05) is 15.5 Å². The zero-order chi connectivity index (χ0) is 13.1. The molecule has 2 rings (SSSR count). The summed E-state index contributed by atoms with van der Waals surface area (Å²) in [6.45, 7) is 0. The number of hydrogen-bond acceptors (Lipinski definition) is 4. The lowest BCUT2D eigenvalue weighted by molar-refractivity contribution is 0.0698. The first-order valence-corrected chi connectivity index (χ1v) is 5.97. The summed E-state index contributed by atoms with van der Waals surface area (Å²) >= 11 is 1.41. The summed E-state index contributed by atoms with van der Waals surface area (Å²) in [4.78, 5) is 12.6. The van der Waals surface area contributed by atoms with E-state index in [4.69, 9.17) is 10.8 Å². The van der Waals surface area contributed by atoms with Crippen LogP contribution >= 0.6 is 11.8 Å². The van der Waals surface area contributed by atoms with Crippen LogP contribution in [0, 0.1) is 0 Å². The number of nitrogens with two attached hydrogens (primary N) is 1. The van der Waals surface area contributed by atoms with Crippen LogP contribution in [0.1, 0.15) is 10.4 Å². The fourth-order valence-corrected chi connectivity index (χ4v) is 2.29. The van der Waals surface area contributed by atoms with E-state index in [-0.39, 0.29) is 17.0 Å². The second-order valence-electron chi connectivity index (χ2n) is 3.65. The van der Waals surface area contributed by atoms with Crippen LogP contribution in [0.15, 0.2) is 52.3 Å². The van der Waals surface area contributed by atoms with Crippen molar-refractivity contribution in [1.82, 2.24) is 0 Å². The molecule has 0 aliphatic carbocycles. The highest BCUT2D eigenvalue weighted by Crippen LogP contribution is 2.30. The molecule has 0 radical (unpaired) electrons. The molecular formula is C13H11NO3S. The van der Waals surface area contributed by atoms with Crippen molar-refractivity contribution >= 4 is 23.4 Å². The van der Waals surface area contributed by atoms with E-state index < -0.39 is 5.97 Å². The summed E-state index contributed by atoms with van der Waals surface area (Å²) in [5, 5.41) is 18.1. The Bertz CT molecular complexity index is 581. The van der Waals surface area contributed by atoms with Crippen molar-refractivity contribution in [1.29, 1.82) is 0 Å². The predicted molar refractivity (Wildman–Crippen MR) is 70.0 cm³/mol. The maximum atomic E-state index is 10.9. The summed E-state index contributed by atoms with van der Waals surface area (Å²) in [6.07, 6.45) is 0. The molecule has 4 N–H and O–H groups in total. The molecule has 18 heavy (non-hydrogen) atoms. The molecule has 2 aromatic carbocycles. The average molecular weight is 261 g/mol. The van der Waals surface area contributed by atoms with Gasteiger partial charge in [-0.2, -0.15) is 0 Å². The highest BCUT2D eigenvalue weighted by molar-refractivity contribution is 7.99. The lowest BCUT2D eigenvalue weighted by Crippen LogP contribution is -2.01. The van der Waals surface area contributed by atoms with Gasteiger partial charge in [0.05, 0.1) is 5.56 Å². The van der Waals surface area contributed by atoms with Gasteiger partial charge in [-0.05, 0) is 42.5 Å². The number of carboxylic acid groups (broad SMARTS) is 1. The number of aromatic hydroxyl groups is 1. The number of phenolic OH excluding ortho intramolecular Hbond substituents is 1. The third kappa shape index (κ3) is 2.75. The minimum absolute atomic E-state index is 0.0961. The van der Waals surface area contributed by atoms with E-state index in [0.717, 1.165) is 9.79 Å². The molecule has 0 saturated heterocycles. The average Bonchev–Trinajstić information content (AvgIpc) is 2.34. The number of nitrogen functional groups attached to an aromatic ring is 1. The number of hydrogen-bond donors (Lipinski definition) is 3. The maximum Gasteiger partial charge on any atom is 0.337 e. The van der Waals surface area contributed by atoms with Crippen molar-refractivity contribution < 1.29 is 15.0 Å². The predicted octanol–water partition coefficient (Wildman–Crippen LogP) is 2.82. The third-order valence-electron chi connectivity index (χ3n) is 2.33. The van der Waals surface area contributed by atoms with Gasteiger partial charge in [-0.15, -0.1) is 0 Å². The van der Waals surface area contributed by atoms with Crippen LogP contribution in [-0.2, 0) is 0 Å². The van der Waals surface area contributed by atoms with Gasteiger partial charge >= 0.3 is 5.97 Å². The monoisotopic (exact) mass is 261 g/mol. The third-order valence-corrected chi connectivity index (χ3v) is 3.33. The molecule has 92 valence electrons. The van der Waals surface area contributed by atoms with Gasteiger partial charge in [-0.25, -0.2) is 4.79 Å². The van der Waals surface area contributed by atoms with Crippen LogP contribution in [0.4, 0.5) is 5.69 Å². The SMILES string of the molecule is Nc1ccc(Sc2ccc(O)cc2)cc1C(=O)O. The lowest BCUT2D eigenvalue weighted by atomic mass is 10.2. The van der Waals surface area contributed by atoms with Gasteiger partial charge < -0.3 is 15.9 Å². The molecule has 0 aromatic heterocycles. The number of carboxylic acids is 1. The number of phenols is 1. The van der Waals surface area contributed by atoms with E-state index in [1.165, 1.54) is 17.8 Å². The minimum Gasteiger partial charge on any atom is -0.508 e. The fraction of sp³-hybridized carbons (Fsp3) is 0. The molecule has 0 bridgehead atoms. The topological polar surface area (TPSA) is 83.5 Å². The summed E-state index contributed by atoms with van der Waals surface area (Å²) in [7, 11) is 0. The van der Waals surface area contributed by atoms with E-state index in [1.54, 1.807) is 36.4 Å². The molecule has 2 aromatic rings. The van der Waals surface area contributed by atoms with Crippen LogP contribution in [-0.4, -0.2) is 16.2 Å². The molecule has 0 heterocycles. The van der Waals surface area contributed by atoms with E-state index in [0.29, 0.717) is 0 Å². The van der Waals surface area contributed by atoms with Gasteiger partial charge in [0.2, 0.25) is 0 Å². The lowest BCUT2D eigenvalue weighted by Gasteiger charge is -2.05. The largest absolute Gasteiger partial charge is 0.508 e. The van der Waals surface area contributed by atoms with Gasteiger partial charge in [-0.3, -0.25) is 0 Å². The van der Waals surface area contributed by atoms with Gasteiger partial charge in [0.1, 0.15) is 5.75 Å². The van der Waals surface area contributed by atoms with Crippen molar-refractivity contribution in [2.24, 2.45) is 0 Å². The molecule has 0 aliphatic rings. The first-order valence-electron chi connectivity index (χ1n) is 5.16. The Labute approximate surface area is 108 Å². The van der Waals surface area contributed by atoms with Crippen LogP contribution in [0.25, 0.3) is 0 Å². The van der Waals surface area contributed by atoms with Crippen molar-refractivity contribution in [3.8, 4) is 5.75 Å². The Balaban J connectivity index is 2.27. The summed E-state index contributed by atoms with van der Waals surface area (Å²) in [5.41, 5.74) is 5.92. The van der Waals surface area contributed by atoms with E-state index in [1.807, 2.05) is 0 Å². The first kappa shape index (κ1) is 12.3. The number of anilines is 1. The van der Waals surface area contributed by atoms with Gasteiger partial charge in [-0.1, -0.05) is 11.8 Å². The summed E-state index contributed by atoms with van der Waals surface area (Å²) in [5.74, 6) is -0.844. The maximum absolute atomic E-state index is 10.9. The van der Waals surface area contributed by atoms with E-state index in [9.17, 15) is 9.90 Å². The number of benzene rings is 2. The zero-order valence-electron chi connectivity index (χ0n) is 9.33. The first-order chi connectivity index (χ1) is 8.56. The molecule has 0 amide bonds. The van der Waals surface area contributed by atoms with Crippen LogP contribution in [0.3, 0.4) is 0 Å². The highest BCUT2D eigenvalue weighted by atomic mass is 32.2. The molecule has 0 saturated carbocycles. The quantitative estimate of drug-likeness (QED) is 0.740. The van der Waals surface area contributed by atoms with Crippen LogP contribution in [0.2, 0.25) is 0 Å². The van der Waals surface area contributed by atoms with E-state index >= 15 is 0 Å². The molecule has 0 atom stereocenters. The molecule has 4 nitrogen and oxygen atoms in total. The van der Waals surface area contributed by atoms with Crippen LogP contribution < -0.4 is 5.73 Å².